The maximum Gasteiger partial charge on any atom is 0.216 e. The summed E-state index contributed by atoms with van der Waals surface area (Å²) in [4.78, 5) is 8.71. The van der Waals surface area contributed by atoms with Crippen LogP contribution in [0.3, 0.4) is 0 Å². The zero-order chi connectivity index (χ0) is 12.8. The highest BCUT2D eigenvalue weighted by Crippen LogP contribution is 2.08. The summed E-state index contributed by atoms with van der Waals surface area (Å²) in [5.74, 6) is 2.30. The Morgan fingerprint density at radius 1 is 1.41 bits per heavy atom. The van der Waals surface area contributed by atoms with Crippen LogP contribution in [0, 0.1) is 13.8 Å². The average Bonchev–Trinajstić information content (AvgIpc) is 2.55. The molecule has 1 aromatic heterocycles. The van der Waals surface area contributed by atoms with E-state index in [0.29, 0.717) is 18.5 Å². The summed E-state index contributed by atoms with van der Waals surface area (Å²) in [6.45, 7) is 11.3. The largest absolute Gasteiger partial charge is 0.444 e. The summed E-state index contributed by atoms with van der Waals surface area (Å²) in [5.41, 5.74) is 0.928. The van der Waals surface area contributed by atoms with E-state index in [-0.39, 0.29) is 0 Å². The van der Waals surface area contributed by atoms with Gasteiger partial charge in [-0.2, -0.15) is 0 Å². The van der Waals surface area contributed by atoms with Crippen molar-refractivity contribution in [3.8, 4) is 0 Å². The maximum atomic E-state index is 5.47. The second kappa shape index (κ2) is 6.27. The molecule has 0 unspecified atom stereocenters. The first-order chi connectivity index (χ1) is 8.02. The molecule has 96 valence electrons. The Morgan fingerprint density at radius 2 is 2.12 bits per heavy atom. The predicted octanol–water partition coefficient (Wildman–Crippen LogP) is 1.75. The van der Waals surface area contributed by atoms with Crippen molar-refractivity contribution in [3.05, 3.63) is 17.3 Å². The van der Waals surface area contributed by atoms with E-state index in [1.54, 1.807) is 0 Å². The van der Waals surface area contributed by atoms with Crippen molar-refractivity contribution in [3.63, 3.8) is 0 Å². The Kier molecular flexibility index (Phi) is 5.00. The first-order valence-corrected chi connectivity index (χ1v) is 6.00. The van der Waals surface area contributed by atoms with Gasteiger partial charge in [-0.15, -0.1) is 0 Å². The lowest BCUT2D eigenvalue weighted by Crippen LogP contribution is -2.41. The molecule has 0 saturated carbocycles. The lowest BCUT2D eigenvalue weighted by Gasteiger charge is -2.13. The summed E-state index contributed by atoms with van der Waals surface area (Å²) in [7, 11) is 0. The van der Waals surface area contributed by atoms with E-state index < -0.39 is 0 Å². The van der Waals surface area contributed by atoms with Crippen LogP contribution in [0.1, 0.15) is 38.1 Å². The smallest absolute Gasteiger partial charge is 0.216 e. The zero-order valence-corrected chi connectivity index (χ0v) is 11.3. The summed E-state index contributed by atoms with van der Waals surface area (Å²) < 4.78 is 5.47. The fourth-order valence-electron chi connectivity index (χ4n) is 1.35. The van der Waals surface area contributed by atoms with Crippen LogP contribution >= 0.6 is 0 Å². The van der Waals surface area contributed by atoms with Gasteiger partial charge in [-0.1, -0.05) is 0 Å². The minimum absolute atomic E-state index is 0.348. The third-order valence-corrected chi connectivity index (χ3v) is 2.21. The van der Waals surface area contributed by atoms with Gasteiger partial charge in [0.2, 0.25) is 5.89 Å². The van der Waals surface area contributed by atoms with Crippen molar-refractivity contribution < 1.29 is 4.42 Å². The topological polar surface area (TPSA) is 62.5 Å². The Balaban J connectivity index is 2.64. The molecule has 0 spiro atoms. The molecular formula is C12H22N4O. The van der Waals surface area contributed by atoms with Crippen LogP contribution < -0.4 is 10.6 Å². The van der Waals surface area contributed by atoms with Crippen molar-refractivity contribution in [1.82, 2.24) is 15.6 Å². The average molecular weight is 238 g/mol. The number of hydrogen-bond acceptors (Lipinski definition) is 3. The number of hydrogen-bond donors (Lipinski definition) is 2. The van der Waals surface area contributed by atoms with Gasteiger partial charge < -0.3 is 15.1 Å². The van der Waals surface area contributed by atoms with Crippen molar-refractivity contribution in [2.45, 2.75) is 47.2 Å². The van der Waals surface area contributed by atoms with Gasteiger partial charge in [0, 0.05) is 12.6 Å². The van der Waals surface area contributed by atoms with Gasteiger partial charge in [0.15, 0.2) is 5.96 Å². The molecule has 0 atom stereocenters. The van der Waals surface area contributed by atoms with Crippen LogP contribution in [0.4, 0.5) is 0 Å². The minimum atomic E-state index is 0.348. The molecule has 1 heterocycles. The Morgan fingerprint density at radius 3 is 2.59 bits per heavy atom. The second-order valence-corrected chi connectivity index (χ2v) is 4.24. The maximum absolute atomic E-state index is 5.47. The van der Waals surface area contributed by atoms with Crippen LogP contribution in [0.2, 0.25) is 0 Å². The molecule has 1 aromatic rings. The molecule has 0 saturated heterocycles. The summed E-state index contributed by atoms with van der Waals surface area (Å²) in [6.07, 6.45) is 0. The molecule has 17 heavy (non-hydrogen) atoms. The molecule has 0 radical (unpaired) electrons. The van der Waals surface area contributed by atoms with Crippen molar-refractivity contribution >= 4 is 5.96 Å². The minimum Gasteiger partial charge on any atom is -0.444 e. The van der Waals surface area contributed by atoms with Gasteiger partial charge in [-0.05, 0) is 34.6 Å². The molecule has 2 N–H and O–H groups in total. The summed E-state index contributed by atoms with van der Waals surface area (Å²) in [6, 6.07) is 0.348. The number of aliphatic imine (C=N–C) groups is 1. The Hall–Kier alpha value is -1.52. The standard InChI is InChI=1S/C12H22N4O/c1-6-13-12(15-8(2)3)14-7-11-16-9(4)10(5)17-11/h8H,6-7H2,1-5H3,(H2,13,14,15). The molecule has 0 aliphatic heterocycles. The lowest BCUT2D eigenvalue weighted by atomic mass is 10.4. The monoisotopic (exact) mass is 238 g/mol. The van der Waals surface area contributed by atoms with Gasteiger partial charge in [-0.25, -0.2) is 9.98 Å². The molecule has 1 rings (SSSR count). The van der Waals surface area contributed by atoms with Crippen LogP contribution in [0.5, 0.6) is 0 Å². The third kappa shape index (κ3) is 4.46. The van der Waals surface area contributed by atoms with E-state index in [2.05, 4.69) is 34.5 Å². The molecule has 5 nitrogen and oxygen atoms in total. The van der Waals surface area contributed by atoms with Gasteiger partial charge in [0.05, 0.1) is 5.69 Å². The number of oxazole rings is 1. The first-order valence-electron chi connectivity index (χ1n) is 6.00. The van der Waals surface area contributed by atoms with Crippen LogP contribution in [-0.4, -0.2) is 23.5 Å². The highest BCUT2D eigenvalue weighted by Gasteiger charge is 2.05. The van der Waals surface area contributed by atoms with E-state index in [1.807, 2.05) is 20.8 Å². The molecule has 5 heteroatoms. The van der Waals surface area contributed by atoms with Crippen molar-refractivity contribution in [1.29, 1.82) is 0 Å². The van der Waals surface area contributed by atoms with E-state index in [4.69, 9.17) is 4.42 Å². The first kappa shape index (κ1) is 13.5. The van der Waals surface area contributed by atoms with E-state index in [9.17, 15) is 0 Å². The van der Waals surface area contributed by atoms with E-state index in [1.165, 1.54) is 0 Å². The molecular weight excluding hydrogens is 216 g/mol. The normalized spacial score (nSPS) is 12.0. The van der Waals surface area contributed by atoms with Crippen molar-refractivity contribution in [2.75, 3.05) is 6.54 Å². The SMILES string of the molecule is CCNC(=NCc1nc(C)c(C)o1)NC(C)C. The van der Waals surface area contributed by atoms with Gasteiger partial charge in [-0.3, -0.25) is 0 Å². The fraction of sp³-hybridized carbons (Fsp3) is 0.667. The van der Waals surface area contributed by atoms with Crippen LogP contribution in [-0.2, 0) is 6.54 Å². The summed E-state index contributed by atoms with van der Waals surface area (Å²) in [5, 5.41) is 6.42. The zero-order valence-electron chi connectivity index (χ0n) is 11.3. The molecule has 0 fully saturated rings. The summed E-state index contributed by atoms with van der Waals surface area (Å²) >= 11 is 0. The Bertz CT molecular complexity index is 362. The number of aryl methyl sites for hydroxylation is 2. The van der Waals surface area contributed by atoms with Gasteiger partial charge >= 0.3 is 0 Å². The quantitative estimate of drug-likeness (QED) is 0.619. The van der Waals surface area contributed by atoms with Crippen LogP contribution in [0.15, 0.2) is 9.41 Å². The number of guanidine groups is 1. The number of nitrogens with one attached hydrogen (secondary N) is 2. The molecule has 0 amide bonds. The van der Waals surface area contributed by atoms with Gasteiger partial charge in [0.1, 0.15) is 12.3 Å². The highest BCUT2D eigenvalue weighted by molar-refractivity contribution is 5.79. The van der Waals surface area contributed by atoms with Crippen LogP contribution in [0.25, 0.3) is 0 Å². The molecule has 0 aliphatic carbocycles. The second-order valence-electron chi connectivity index (χ2n) is 4.24. The number of nitrogens with zero attached hydrogens (tertiary/aromatic N) is 2. The number of rotatable bonds is 4. The third-order valence-electron chi connectivity index (χ3n) is 2.21. The molecule has 0 bridgehead atoms. The van der Waals surface area contributed by atoms with E-state index >= 15 is 0 Å². The Labute approximate surface area is 103 Å². The van der Waals surface area contributed by atoms with Crippen molar-refractivity contribution in [2.24, 2.45) is 4.99 Å². The highest BCUT2D eigenvalue weighted by atomic mass is 16.4. The van der Waals surface area contributed by atoms with Gasteiger partial charge in [0.25, 0.3) is 0 Å². The fourth-order valence-corrected chi connectivity index (χ4v) is 1.35. The molecule has 0 aliphatic rings. The molecule has 0 aromatic carbocycles. The predicted molar refractivity (Wildman–Crippen MR) is 69.1 cm³/mol. The number of aromatic nitrogens is 1. The lowest BCUT2D eigenvalue weighted by molar-refractivity contribution is 0.472. The van der Waals surface area contributed by atoms with E-state index in [0.717, 1.165) is 24.0 Å².